The molecule has 10 heteroatoms. The van der Waals surface area contributed by atoms with Crippen molar-refractivity contribution >= 4 is 64.0 Å². The van der Waals surface area contributed by atoms with Gasteiger partial charge in [0.05, 0.1) is 32.0 Å². The summed E-state index contributed by atoms with van der Waals surface area (Å²) in [5.41, 5.74) is 0.160. The lowest BCUT2D eigenvalue weighted by molar-refractivity contribution is -0.119. The second-order valence-corrected chi connectivity index (χ2v) is 7.32. The van der Waals surface area contributed by atoms with Crippen LogP contribution in [0.5, 0.6) is 11.5 Å². The Hall–Kier alpha value is -2.51. The number of amides is 1. The van der Waals surface area contributed by atoms with E-state index < -0.39 is 18.5 Å². The largest absolute Gasteiger partial charge is 0.455 e. The maximum absolute atomic E-state index is 12.5. The van der Waals surface area contributed by atoms with Crippen LogP contribution in [-0.2, 0) is 9.53 Å². The van der Waals surface area contributed by atoms with Gasteiger partial charge < -0.3 is 14.8 Å². The van der Waals surface area contributed by atoms with Gasteiger partial charge in [-0.2, -0.15) is 0 Å². The maximum atomic E-state index is 12.5. The number of aromatic nitrogens is 1. The zero-order valence-electron chi connectivity index (χ0n) is 15.0. The van der Waals surface area contributed by atoms with Crippen LogP contribution in [0.1, 0.15) is 10.4 Å². The predicted octanol–water partition coefficient (Wildman–Crippen LogP) is 6.28. The Morgan fingerprint density at radius 1 is 0.967 bits per heavy atom. The molecule has 1 aromatic heterocycles. The number of hydrogen-bond acceptors (Lipinski definition) is 5. The summed E-state index contributed by atoms with van der Waals surface area (Å²) in [7, 11) is 0. The number of carbonyl (C=O) groups is 2. The highest BCUT2D eigenvalue weighted by atomic mass is 35.5. The molecule has 0 bridgehead atoms. The molecule has 0 radical (unpaired) electrons. The van der Waals surface area contributed by atoms with Gasteiger partial charge in [0.25, 0.3) is 5.91 Å². The van der Waals surface area contributed by atoms with Crippen LogP contribution >= 0.6 is 46.4 Å². The van der Waals surface area contributed by atoms with E-state index in [2.05, 4.69) is 10.3 Å². The van der Waals surface area contributed by atoms with Gasteiger partial charge in [0, 0.05) is 6.20 Å². The number of para-hydroxylation sites is 1. The quantitative estimate of drug-likeness (QED) is 0.328. The number of ether oxygens (including phenoxy) is 2. The molecule has 6 nitrogen and oxygen atoms in total. The van der Waals surface area contributed by atoms with Gasteiger partial charge in [-0.05, 0) is 30.3 Å². The lowest BCUT2D eigenvalue weighted by Crippen LogP contribution is -2.21. The van der Waals surface area contributed by atoms with Gasteiger partial charge >= 0.3 is 5.97 Å². The Morgan fingerprint density at radius 2 is 1.67 bits per heavy atom. The van der Waals surface area contributed by atoms with Crippen LogP contribution < -0.4 is 10.1 Å². The van der Waals surface area contributed by atoms with Crippen LogP contribution in [0, 0.1) is 0 Å². The Kier molecular flexibility index (Phi) is 7.39. The fourth-order valence-corrected chi connectivity index (χ4v) is 3.23. The lowest BCUT2D eigenvalue weighted by atomic mass is 10.2. The first-order valence-electron chi connectivity index (χ1n) is 8.33. The summed E-state index contributed by atoms with van der Waals surface area (Å²) in [4.78, 5) is 28.6. The molecular weight excluding hydrogens is 474 g/mol. The molecule has 1 amide bonds. The van der Waals surface area contributed by atoms with Crippen LogP contribution in [0.4, 0.5) is 5.69 Å². The highest BCUT2D eigenvalue weighted by Crippen LogP contribution is 2.41. The average molecular weight is 486 g/mol. The number of nitrogens with one attached hydrogen (secondary N) is 1. The third kappa shape index (κ3) is 5.34. The second kappa shape index (κ2) is 10.00. The Labute approximate surface area is 191 Å². The molecular formula is C20H12Cl4N2O4. The van der Waals surface area contributed by atoms with Crippen molar-refractivity contribution in [3.8, 4) is 11.5 Å². The molecule has 154 valence electrons. The van der Waals surface area contributed by atoms with E-state index in [1.807, 2.05) is 0 Å². The normalized spacial score (nSPS) is 10.4. The summed E-state index contributed by atoms with van der Waals surface area (Å²) in [5, 5.41) is 2.68. The first-order chi connectivity index (χ1) is 14.4. The van der Waals surface area contributed by atoms with Crippen LogP contribution in [0.25, 0.3) is 0 Å². The summed E-state index contributed by atoms with van der Waals surface area (Å²) in [6.45, 7) is -0.600. The van der Waals surface area contributed by atoms with Gasteiger partial charge in [-0.25, -0.2) is 4.79 Å². The SMILES string of the molecule is O=C(COC(=O)c1ccccc1Oc1cccnc1)Nc1c(Cl)c(Cl)cc(Cl)c1Cl. The minimum absolute atomic E-state index is 0.0148. The van der Waals surface area contributed by atoms with Crippen molar-refractivity contribution in [2.75, 3.05) is 11.9 Å². The number of hydrogen-bond donors (Lipinski definition) is 1. The molecule has 1 heterocycles. The molecule has 30 heavy (non-hydrogen) atoms. The van der Waals surface area contributed by atoms with Gasteiger partial charge in [-0.3, -0.25) is 9.78 Å². The number of benzene rings is 2. The minimum Gasteiger partial charge on any atom is -0.455 e. The summed E-state index contributed by atoms with van der Waals surface area (Å²) in [6.07, 6.45) is 3.09. The standard InChI is InChI=1S/C20H12Cl4N2O4/c21-13-8-14(22)18(24)19(17(13)23)26-16(27)10-29-20(28)12-5-1-2-6-15(12)30-11-4-3-7-25-9-11/h1-9H,10H2,(H,26,27). The smallest absolute Gasteiger partial charge is 0.342 e. The first-order valence-corrected chi connectivity index (χ1v) is 9.85. The minimum atomic E-state index is -0.758. The first kappa shape index (κ1) is 22.2. The molecule has 0 atom stereocenters. The molecule has 0 aliphatic heterocycles. The summed E-state index contributed by atoms with van der Waals surface area (Å²) in [5.74, 6) is -0.747. The monoisotopic (exact) mass is 484 g/mol. The van der Waals surface area contributed by atoms with Crippen LogP contribution in [0.15, 0.2) is 54.9 Å². The highest BCUT2D eigenvalue weighted by Gasteiger charge is 2.19. The van der Waals surface area contributed by atoms with E-state index >= 15 is 0 Å². The molecule has 0 spiro atoms. The number of carbonyl (C=O) groups excluding carboxylic acids is 2. The van der Waals surface area contributed by atoms with E-state index in [9.17, 15) is 9.59 Å². The van der Waals surface area contributed by atoms with Crippen molar-refractivity contribution in [1.29, 1.82) is 0 Å². The summed E-state index contributed by atoms with van der Waals surface area (Å²) >= 11 is 24.0. The zero-order valence-corrected chi connectivity index (χ0v) is 18.0. The number of esters is 1. The second-order valence-electron chi connectivity index (χ2n) is 5.75. The lowest BCUT2D eigenvalue weighted by Gasteiger charge is -2.13. The molecule has 1 N–H and O–H groups in total. The van der Waals surface area contributed by atoms with E-state index in [0.29, 0.717) is 5.75 Å². The zero-order chi connectivity index (χ0) is 21.7. The molecule has 0 unspecified atom stereocenters. The molecule has 0 saturated carbocycles. The Bertz CT molecular complexity index is 1070. The average Bonchev–Trinajstić information content (AvgIpc) is 2.75. The van der Waals surface area contributed by atoms with Crippen molar-refractivity contribution in [3.63, 3.8) is 0 Å². The van der Waals surface area contributed by atoms with Gasteiger partial charge in [-0.15, -0.1) is 0 Å². The molecule has 0 fully saturated rings. The van der Waals surface area contributed by atoms with E-state index in [1.54, 1.807) is 36.5 Å². The van der Waals surface area contributed by atoms with E-state index in [0.717, 1.165) is 0 Å². The van der Waals surface area contributed by atoms with E-state index in [-0.39, 0.29) is 37.1 Å². The highest BCUT2D eigenvalue weighted by molar-refractivity contribution is 6.50. The van der Waals surface area contributed by atoms with Crippen LogP contribution in [-0.4, -0.2) is 23.5 Å². The molecule has 3 aromatic rings. The summed E-state index contributed by atoms with van der Waals surface area (Å²) in [6, 6.07) is 11.2. The van der Waals surface area contributed by atoms with Crippen molar-refractivity contribution < 1.29 is 19.1 Å². The number of pyridine rings is 1. The molecule has 0 saturated heterocycles. The number of anilines is 1. The number of rotatable bonds is 6. The molecule has 3 rings (SSSR count). The topological polar surface area (TPSA) is 77.5 Å². The van der Waals surface area contributed by atoms with Gasteiger partial charge in [0.2, 0.25) is 0 Å². The van der Waals surface area contributed by atoms with Crippen LogP contribution in [0.3, 0.4) is 0 Å². The maximum Gasteiger partial charge on any atom is 0.342 e. The Balaban J connectivity index is 1.68. The van der Waals surface area contributed by atoms with Crippen molar-refractivity contribution in [2.24, 2.45) is 0 Å². The fraction of sp³-hybridized carbons (Fsp3) is 0.0500. The van der Waals surface area contributed by atoms with Gasteiger partial charge in [-0.1, -0.05) is 58.5 Å². The summed E-state index contributed by atoms with van der Waals surface area (Å²) < 4.78 is 10.7. The van der Waals surface area contributed by atoms with E-state index in [4.69, 9.17) is 55.9 Å². The number of halogens is 4. The predicted molar refractivity (Wildman–Crippen MR) is 116 cm³/mol. The van der Waals surface area contributed by atoms with Gasteiger partial charge in [0.1, 0.15) is 17.1 Å². The van der Waals surface area contributed by atoms with Crippen LogP contribution in [0.2, 0.25) is 20.1 Å². The molecule has 0 aliphatic rings. The van der Waals surface area contributed by atoms with Crippen molar-refractivity contribution in [3.05, 3.63) is 80.5 Å². The molecule has 2 aromatic carbocycles. The molecule has 0 aliphatic carbocycles. The van der Waals surface area contributed by atoms with Crippen molar-refractivity contribution in [1.82, 2.24) is 4.98 Å². The Morgan fingerprint density at radius 3 is 2.33 bits per heavy atom. The third-order valence-corrected chi connectivity index (χ3v) is 5.25. The fourth-order valence-electron chi connectivity index (χ4n) is 2.33. The third-order valence-electron chi connectivity index (χ3n) is 3.68. The van der Waals surface area contributed by atoms with Crippen molar-refractivity contribution in [2.45, 2.75) is 0 Å². The van der Waals surface area contributed by atoms with E-state index in [1.165, 1.54) is 18.3 Å². The number of nitrogens with zero attached hydrogens (tertiary/aromatic N) is 1. The van der Waals surface area contributed by atoms with Gasteiger partial charge in [0.15, 0.2) is 6.61 Å².